The molecule has 10 heteroatoms. The molecule has 5 rings (SSSR count). The number of hydrogen-bond donors (Lipinski definition) is 1. The molecular formula is C33H26Cl2N2O6. The van der Waals surface area contributed by atoms with Crippen molar-refractivity contribution in [3.63, 3.8) is 0 Å². The van der Waals surface area contributed by atoms with Crippen LogP contribution in [0.15, 0.2) is 108 Å². The van der Waals surface area contributed by atoms with Crippen LogP contribution in [0.5, 0.6) is 17.2 Å². The summed E-state index contributed by atoms with van der Waals surface area (Å²) in [7, 11) is 0. The summed E-state index contributed by atoms with van der Waals surface area (Å²) in [6, 6.07) is 29.7. The summed E-state index contributed by atoms with van der Waals surface area (Å²) in [5.41, 5.74) is 2.04. The lowest BCUT2D eigenvalue weighted by Gasteiger charge is -2.26. The zero-order valence-electron chi connectivity index (χ0n) is 23.2. The Hall–Kier alpha value is -4.79. The Morgan fingerprint density at radius 2 is 1.60 bits per heavy atom. The van der Waals surface area contributed by atoms with Gasteiger partial charge in [0.1, 0.15) is 29.6 Å². The van der Waals surface area contributed by atoms with Crippen molar-refractivity contribution in [1.29, 1.82) is 0 Å². The van der Waals surface area contributed by atoms with Crippen molar-refractivity contribution in [2.75, 3.05) is 5.32 Å². The number of anilines is 1. The molecule has 1 amide bonds. The number of rotatable bonds is 10. The van der Waals surface area contributed by atoms with Crippen molar-refractivity contribution >= 4 is 40.5 Å². The summed E-state index contributed by atoms with van der Waals surface area (Å²) in [6.45, 7) is 4.44. The number of nitrogens with one attached hydrogen (secondary N) is 1. The summed E-state index contributed by atoms with van der Waals surface area (Å²) in [5, 5.41) is 14.8. The van der Waals surface area contributed by atoms with Gasteiger partial charge in [-0.2, -0.15) is 0 Å². The van der Waals surface area contributed by atoms with Crippen LogP contribution in [0, 0.1) is 10.1 Å². The second kappa shape index (κ2) is 12.6. The molecular weight excluding hydrogens is 591 g/mol. The molecule has 0 unspecified atom stereocenters. The Balaban J connectivity index is 1.23. The molecule has 0 fully saturated rings. The molecule has 0 saturated heterocycles. The van der Waals surface area contributed by atoms with Gasteiger partial charge in [0.25, 0.3) is 11.6 Å². The number of carbonyl (C=O) groups excluding carboxylic acids is 1. The third kappa shape index (κ3) is 7.17. The van der Waals surface area contributed by atoms with E-state index in [-0.39, 0.29) is 45.7 Å². The number of ether oxygens (including phenoxy) is 2. The van der Waals surface area contributed by atoms with E-state index in [1.807, 2.05) is 42.5 Å². The number of nitro benzene ring substituents is 1. The van der Waals surface area contributed by atoms with Crippen molar-refractivity contribution in [3.8, 4) is 17.2 Å². The van der Waals surface area contributed by atoms with E-state index in [4.69, 9.17) is 37.1 Å². The van der Waals surface area contributed by atoms with Crippen molar-refractivity contribution < 1.29 is 23.6 Å². The summed E-state index contributed by atoms with van der Waals surface area (Å²) in [6.07, 6.45) is 0. The minimum atomic E-state index is -0.602. The van der Waals surface area contributed by atoms with E-state index >= 15 is 0 Å². The van der Waals surface area contributed by atoms with Gasteiger partial charge in [0, 0.05) is 22.6 Å². The van der Waals surface area contributed by atoms with Crippen LogP contribution in [0.1, 0.15) is 41.3 Å². The fraction of sp³-hybridized carbons (Fsp3) is 0.121. The Kier molecular flexibility index (Phi) is 8.71. The largest absolute Gasteiger partial charge is 0.486 e. The second-order valence-corrected chi connectivity index (χ2v) is 11.0. The molecule has 4 aromatic carbocycles. The molecule has 0 spiro atoms. The zero-order chi connectivity index (χ0) is 30.6. The maximum atomic E-state index is 12.9. The Bertz CT molecular complexity index is 1770. The Morgan fingerprint density at radius 1 is 0.884 bits per heavy atom. The van der Waals surface area contributed by atoms with Crippen LogP contribution in [0.3, 0.4) is 0 Å². The van der Waals surface area contributed by atoms with Crippen LogP contribution in [0.4, 0.5) is 11.4 Å². The number of non-ortho nitro benzene ring substituents is 1. The molecule has 0 aliphatic heterocycles. The van der Waals surface area contributed by atoms with Crippen molar-refractivity contribution in [3.05, 3.63) is 146 Å². The predicted octanol–water partition coefficient (Wildman–Crippen LogP) is 9.44. The van der Waals surface area contributed by atoms with E-state index in [0.29, 0.717) is 16.5 Å². The van der Waals surface area contributed by atoms with Crippen LogP contribution in [0.25, 0.3) is 0 Å². The summed E-state index contributed by atoms with van der Waals surface area (Å²) < 4.78 is 17.3. The van der Waals surface area contributed by atoms with E-state index in [1.165, 1.54) is 42.0 Å². The molecule has 1 aromatic heterocycles. The van der Waals surface area contributed by atoms with Crippen LogP contribution in [-0.2, 0) is 12.0 Å². The first-order valence-electron chi connectivity index (χ1n) is 13.2. The molecule has 43 heavy (non-hydrogen) atoms. The molecule has 0 radical (unpaired) electrons. The van der Waals surface area contributed by atoms with Gasteiger partial charge in [-0.25, -0.2) is 0 Å². The lowest BCUT2D eigenvalue weighted by molar-refractivity contribution is -0.384. The van der Waals surface area contributed by atoms with Crippen molar-refractivity contribution in [1.82, 2.24) is 0 Å². The van der Waals surface area contributed by atoms with Crippen molar-refractivity contribution in [2.45, 2.75) is 25.9 Å². The lowest BCUT2D eigenvalue weighted by atomic mass is 9.78. The van der Waals surface area contributed by atoms with Crippen LogP contribution >= 0.6 is 23.2 Å². The quantitative estimate of drug-likeness (QED) is 0.124. The van der Waals surface area contributed by atoms with Crippen LogP contribution in [0.2, 0.25) is 10.0 Å². The zero-order valence-corrected chi connectivity index (χ0v) is 24.7. The van der Waals surface area contributed by atoms with Crippen LogP contribution < -0.4 is 14.8 Å². The number of halogens is 2. The lowest BCUT2D eigenvalue weighted by Crippen LogP contribution is -2.18. The molecule has 1 N–H and O–H groups in total. The molecule has 218 valence electrons. The van der Waals surface area contributed by atoms with Gasteiger partial charge in [-0.1, -0.05) is 79.5 Å². The number of nitro groups is 1. The Morgan fingerprint density at radius 3 is 2.30 bits per heavy atom. The highest BCUT2D eigenvalue weighted by atomic mass is 35.5. The third-order valence-electron chi connectivity index (χ3n) is 6.82. The standard InChI is InChI=1S/C33H26Cl2N2O6/c1-33(2,21-6-4-3-5-7-21)22-8-11-26(12-9-22)41-20-27-13-15-31(42-27)32(38)36-24-17-25(37(39)40)19-28(18-24)43-30-14-10-23(34)16-29(30)35/h3-19H,20H2,1-2H3,(H,36,38). The first-order chi connectivity index (χ1) is 20.6. The number of nitrogens with zero attached hydrogens (tertiary/aromatic N) is 1. The molecule has 0 atom stereocenters. The first-order valence-corrected chi connectivity index (χ1v) is 14.0. The molecule has 5 aromatic rings. The molecule has 0 saturated carbocycles. The monoisotopic (exact) mass is 616 g/mol. The molecule has 0 bridgehead atoms. The topological polar surface area (TPSA) is 104 Å². The van der Waals surface area contributed by atoms with E-state index < -0.39 is 10.8 Å². The second-order valence-electron chi connectivity index (χ2n) is 10.2. The van der Waals surface area contributed by atoms with Gasteiger partial charge in [-0.3, -0.25) is 14.9 Å². The first kappa shape index (κ1) is 29.7. The molecule has 8 nitrogen and oxygen atoms in total. The van der Waals surface area contributed by atoms with E-state index in [9.17, 15) is 14.9 Å². The minimum Gasteiger partial charge on any atom is -0.486 e. The SMILES string of the molecule is CC(C)(c1ccccc1)c1ccc(OCc2ccc(C(=O)Nc3cc(Oc4ccc(Cl)cc4Cl)cc([N+](=O)[O-])c3)o2)cc1. The predicted molar refractivity (Wildman–Crippen MR) is 166 cm³/mol. The number of carbonyl (C=O) groups is 1. The summed E-state index contributed by atoms with van der Waals surface area (Å²) >= 11 is 12.1. The fourth-order valence-electron chi connectivity index (χ4n) is 4.42. The van der Waals surface area contributed by atoms with Gasteiger partial charge < -0.3 is 19.2 Å². The molecule has 0 aliphatic carbocycles. The number of amides is 1. The average Bonchev–Trinajstić information content (AvgIpc) is 3.47. The molecule has 0 aliphatic rings. The maximum Gasteiger partial charge on any atom is 0.291 e. The van der Waals surface area contributed by atoms with Crippen LogP contribution in [-0.4, -0.2) is 10.8 Å². The summed E-state index contributed by atoms with van der Waals surface area (Å²) in [4.78, 5) is 23.8. The van der Waals surface area contributed by atoms with Crippen molar-refractivity contribution in [2.24, 2.45) is 0 Å². The Labute approximate surface area is 257 Å². The highest BCUT2D eigenvalue weighted by molar-refractivity contribution is 6.35. The average molecular weight is 617 g/mol. The smallest absolute Gasteiger partial charge is 0.291 e. The third-order valence-corrected chi connectivity index (χ3v) is 7.35. The highest BCUT2D eigenvalue weighted by Crippen LogP contribution is 2.35. The fourth-order valence-corrected chi connectivity index (χ4v) is 4.87. The van der Waals surface area contributed by atoms with Gasteiger partial charge >= 0.3 is 0 Å². The minimum absolute atomic E-state index is 0.00767. The normalized spacial score (nSPS) is 11.2. The van der Waals surface area contributed by atoms with Gasteiger partial charge in [-0.05, 0) is 53.6 Å². The summed E-state index contributed by atoms with van der Waals surface area (Å²) in [5.74, 6) is 0.830. The van der Waals surface area contributed by atoms with E-state index in [0.717, 1.165) is 5.56 Å². The van der Waals surface area contributed by atoms with Gasteiger partial charge in [0.15, 0.2) is 5.76 Å². The number of benzene rings is 4. The van der Waals surface area contributed by atoms with E-state index in [2.05, 4.69) is 31.3 Å². The highest BCUT2D eigenvalue weighted by Gasteiger charge is 2.23. The molecule has 1 heterocycles. The van der Waals surface area contributed by atoms with E-state index in [1.54, 1.807) is 12.1 Å². The number of furan rings is 1. The van der Waals surface area contributed by atoms with Gasteiger partial charge in [-0.15, -0.1) is 0 Å². The van der Waals surface area contributed by atoms with Gasteiger partial charge in [0.2, 0.25) is 0 Å². The number of hydrogen-bond acceptors (Lipinski definition) is 6. The van der Waals surface area contributed by atoms with Gasteiger partial charge in [0.05, 0.1) is 21.7 Å². The maximum absolute atomic E-state index is 12.9.